The zero-order valence-corrected chi connectivity index (χ0v) is 12.2. The Bertz CT molecular complexity index is 596. The standard InChI is InChI=1S/C15H16ClN3O/c1-19(2)14-8-7-12(10-17-14)18-15(20)9-11-5-3-4-6-13(11)16/h3-8,10H,9H2,1-2H3,(H,18,20). The Morgan fingerprint density at radius 1 is 1.25 bits per heavy atom. The fourth-order valence-electron chi connectivity index (χ4n) is 1.74. The zero-order valence-electron chi connectivity index (χ0n) is 11.4. The lowest BCUT2D eigenvalue weighted by molar-refractivity contribution is -0.115. The fraction of sp³-hybridized carbons (Fsp3) is 0.200. The SMILES string of the molecule is CN(C)c1ccc(NC(=O)Cc2ccccc2Cl)cn1. The summed E-state index contributed by atoms with van der Waals surface area (Å²) in [4.78, 5) is 18.1. The number of benzene rings is 1. The molecule has 0 radical (unpaired) electrons. The number of aromatic nitrogens is 1. The van der Waals surface area contributed by atoms with E-state index >= 15 is 0 Å². The number of pyridine rings is 1. The molecule has 20 heavy (non-hydrogen) atoms. The minimum Gasteiger partial charge on any atom is -0.363 e. The number of rotatable bonds is 4. The van der Waals surface area contributed by atoms with Crippen LogP contribution in [0.15, 0.2) is 42.6 Å². The van der Waals surface area contributed by atoms with E-state index in [1.165, 1.54) is 0 Å². The molecule has 1 aromatic carbocycles. The molecule has 1 amide bonds. The van der Waals surface area contributed by atoms with Crippen LogP contribution in [-0.4, -0.2) is 25.0 Å². The summed E-state index contributed by atoms with van der Waals surface area (Å²) in [6, 6.07) is 11.0. The van der Waals surface area contributed by atoms with Gasteiger partial charge in [0.25, 0.3) is 0 Å². The molecular weight excluding hydrogens is 274 g/mol. The number of anilines is 2. The highest BCUT2D eigenvalue weighted by Gasteiger charge is 2.07. The number of carbonyl (C=O) groups is 1. The topological polar surface area (TPSA) is 45.2 Å². The fourth-order valence-corrected chi connectivity index (χ4v) is 1.95. The van der Waals surface area contributed by atoms with Crippen molar-refractivity contribution in [3.8, 4) is 0 Å². The molecule has 104 valence electrons. The zero-order chi connectivity index (χ0) is 14.5. The van der Waals surface area contributed by atoms with Crippen molar-refractivity contribution in [2.24, 2.45) is 0 Å². The molecule has 0 aliphatic rings. The van der Waals surface area contributed by atoms with Gasteiger partial charge >= 0.3 is 0 Å². The summed E-state index contributed by atoms with van der Waals surface area (Å²) in [6.45, 7) is 0. The molecule has 2 aromatic rings. The van der Waals surface area contributed by atoms with Gasteiger partial charge in [0.2, 0.25) is 5.91 Å². The Morgan fingerprint density at radius 3 is 2.60 bits per heavy atom. The summed E-state index contributed by atoms with van der Waals surface area (Å²) >= 11 is 6.03. The summed E-state index contributed by atoms with van der Waals surface area (Å²) in [5, 5.41) is 3.41. The Balaban J connectivity index is 1.99. The van der Waals surface area contributed by atoms with Crippen LogP contribution in [0.1, 0.15) is 5.56 Å². The van der Waals surface area contributed by atoms with Crippen LogP contribution in [0.2, 0.25) is 5.02 Å². The number of amides is 1. The van der Waals surface area contributed by atoms with Crippen LogP contribution < -0.4 is 10.2 Å². The molecule has 0 aliphatic carbocycles. The lowest BCUT2D eigenvalue weighted by Gasteiger charge is -2.11. The van der Waals surface area contributed by atoms with Gasteiger partial charge < -0.3 is 10.2 Å². The van der Waals surface area contributed by atoms with E-state index in [0.29, 0.717) is 10.7 Å². The van der Waals surface area contributed by atoms with Crippen LogP contribution in [0, 0.1) is 0 Å². The second-order valence-corrected chi connectivity index (χ2v) is 5.02. The lowest BCUT2D eigenvalue weighted by atomic mass is 10.1. The third kappa shape index (κ3) is 3.71. The van der Waals surface area contributed by atoms with Crippen molar-refractivity contribution in [2.75, 3.05) is 24.3 Å². The molecule has 1 heterocycles. The van der Waals surface area contributed by atoms with Gasteiger partial charge in [0, 0.05) is 19.1 Å². The minimum absolute atomic E-state index is 0.113. The smallest absolute Gasteiger partial charge is 0.228 e. The number of carbonyl (C=O) groups excluding carboxylic acids is 1. The summed E-state index contributed by atoms with van der Waals surface area (Å²) in [6.07, 6.45) is 1.88. The minimum atomic E-state index is -0.113. The van der Waals surface area contributed by atoms with Gasteiger partial charge in [-0.3, -0.25) is 4.79 Å². The second kappa shape index (κ2) is 6.39. The summed E-state index contributed by atoms with van der Waals surface area (Å²) in [5.41, 5.74) is 1.48. The Hall–Kier alpha value is -2.07. The quantitative estimate of drug-likeness (QED) is 0.941. The van der Waals surface area contributed by atoms with Crippen LogP contribution in [0.3, 0.4) is 0 Å². The van der Waals surface area contributed by atoms with Gasteiger partial charge in [-0.25, -0.2) is 4.98 Å². The summed E-state index contributed by atoms with van der Waals surface area (Å²) < 4.78 is 0. The molecular formula is C15H16ClN3O. The van der Waals surface area contributed by atoms with Crippen molar-refractivity contribution in [2.45, 2.75) is 6.42 Å². The number of nitrogens with zero attached hydrogens (tertiary/aromatic N) is 2. The Morgan fingerprint density at radius 2 is 2.00 bits per heavy atom. The molecule has 1 N–H and O–H groups in total. The molecule has 0 bridgehead atoms. The first-order valence-corrected chi connectivity index (χ1v) is 6.60. The third-order valence-electron chi connectivity index (χ3n) is 2.80. The van der Waals surface area contributed by atoms with Gasteiger partial charge in [-0.1, -0.05) is 29.8 Å². The third-order valence-corrected chi connectivity index (χ3v) is 3.17. The molecule has 0 atom stereocenters. The second-order valence-electron chi connectivity index (χ2n) is 4.62. The van der Waals surface area contributed by atoms with Crippen molar-refractivity contribution in [3.63, 3.8) is 0 Å². The average Bonchev–Trinajstić information content (AvgIpc) is 2.42. The first kappa shape index (κ1) is 14.3. The van der Waals surface area contributed by atoms with Gasteiger partial charge in [0.15, 0.2) is 0 Å². The van der Waals surface area contributed by atoms with Crippen LogP contribution >= 0.6 is 11.6 Å². The Labute approximate surface area is 123 Å². The maximum atomic E-state index is 11.9. The molecule has 0 saturated heterocycles. The van der Waals surface area contributed by atoms with E-state index < -0.39 is 0 Å². The van der Waals surface area contributed by atoms with Crippen LogP contribution in [0.25, 0.3) is 0 Å². The van der Waals surface area contributed by atoms with Crippen molar-refractivity contribution >= 4 is 29.0 Å². The number of hydrogen-bond acceptors (Lipinski definition) is 3. The largest absolute Gasteiger partial charge is 0.363 e. The molecule has 0 saturated carbocycles. The average molecular weight is 290 g/mol. The van der Waals surface area contributed by atoms with Gasteiger partial charge in [-0.2, -0.15) is 0 Å². The normalized spacial score (nSPS) is 10.2. The van der Waals surface area contributed by atoms with E-state index in [-0.39, 0.29) is 12.3 Å². The van der Waals surface area contributed by atoms with E-state index in [0.717, 1.165) is 11.4 Å². The van der Waals surface area contributed by atoms with Crippen molar-refractivity contribution in [1.82, 2.24) is 4.98 Å². The van der Waals surface area contributed by atoms with E-state index in [2.05, 4.69) is 10.3 Å². The summed E-state index contributed by atoms with van der Waals surface area (Å²) in [7, 11) is 3.83. The predicted molar refractivity (Wildman–Crippen MR) is 82.3 cm³/mol. The first-order chi connectivity index (χ1) is 9.56. The van der Waals surface area contributed by atoms with Crippen LogP contribution in [0.5, 0.6) is 0 Å². The summed E-state index contributed by atoms with van der Waals surface area (Å²) in [5.74, 6) is 0.728. The highest BCUT2D eigenvalue weighted by molar-refractivity contribution is 6.31. The maximum Gasteiger partial charge on any atom is 0.228 e. The monoisotopic (exact) mass is 289 g/mol. The van der Waals surface area contributed by atoms with Gasteiger partial charge in [0.1, 0.15) is 5.82 Å². The highest BCUT2D eigenvalue weighted by atomic mass is 35.5. The van der Waals surface area contributed by atoms with Crippen molar-refractivity contribution in [3.05, 3.63) is 53.2 Å². The predicted octanol–water partition coefficient (Wildman–Crippen LogP) is 2.98. The highest BCUT2D eigenvalue weighted by Crippen LogP contribution is 2.17. The van der Waals surface area contributed by atoms with Gasteiger partial charge in [0.05, 0.1) is 18.3 Å². The molecule has 0 spiro atoms. The molecule has 4 nitrogen and oxygen atoms in total. The number of hydrogen-bond donors (Lipinski definition) is 1. The first-order valence-electron chi connectivity index (χ1n) is 6.23. The number of nitrogens with one attached hydrogen (secondary N) is 1. The molecule has 5 heteroatoms. The molecule has 0 aliphatic heterocycles. The lowest BCUT2D eigenvalue weighted by Crippen LogP contribution is -2.15. The molecule has 0 fully saturated rings. The number of halogens is 1. The van der Waals surface area contributed by atoms with Gasteiger partial charge in [-0.05, 0) is 23.8 Å². The van der Waals surface area contributed by atoms with Gasteiger partial charge in [-0.15, -0.1) is 0 Å². The molecule has 0 unspecified atom stereocenters. The Kier molecular flexibility index (Phi) is 4.58. The molecule has 2 rings (SSSR count). The van der Waals surface area contributed by atoms with Crippen LogP contribution in [0.4, 0.5) is 11.5 Å². The molecule has 1 aromatic heterocycles. The van der Waals surface area contributed by atoms with Crippen molar-refractivity contribution < 1.29 is 4.79 Å². The van der Waals surface area contributed by atoms with E-state index in [1.54, 1.807) is 12.3 Å². The van der Waals surface area contributed by atoms with Crippen LogP contribution in [-0.2, 0) is 11.2 Å². The van der Waals surface area contributed by atoms with E-state index in [4.69, 9.17) is 11.6 Å². The van der Waals surface area contributed by atoms with E-state index in [1.807, 2.05) is 49.3 Å². The van der Waals surface area contributed by atoms with E-state index in [9.17, 15) is 4.79 Å². The maximum absolute atomic E-state index is 11.9. The van der Waals surface area contributed by atoms with Crippen molar-refractivity contribution in [1.29, 1.82) is 0 Å².